The second-order valence-electron chi connectivity index (χ2n) is 3.83. The number of carbonyl (C=O) groups excluding carboxylic acids is 1. The first-order chi connectivity index (χ1) is 9.70. The molecule has 0 saturated heterocycles. The highest BCUT2D eigenvalue weighted by Crippen LogP contribution is 1.99. The predicted octanol–water partition coefficient (Wildman–Crippen LogP) is 0.804. The molecule has 7 nitrogen and oxygen atoms in total. The molecule has 102 valence electrons. The molecule has 1 heterocycles. The second kappa shape index (κ2) is 6.19. The van der Waals surface area contributed by atoms with Gasteiger partial charge in [-0.05, 0) is 24.3 Å². The minimum absolute atomic E-state index is 0.0670. The lowest BCUT2D eigenvalue weighted by Gasteiger charge is -2.05. The Morgan fingerprint density at radius 3 is 2.70 bits per heavy atom. The zero-order valence-electron chi connectivity index (χ0n) is 10.5. The molecular formula is C13H13N5O2. The number of hydrogen-bond donors (Lipinski definition) is 3. The summed E-state index contributed by atoms with van der Waals surface area (Å²) < 4.78 is 1.38. The molecular weight excluding hydrogens is 258 g/mol. The summed E-state index contributed by atoms with van der Waals surface area (Å²) in [5.74, 6) is -0.418. The number of nitrogens with two attached hydrogens (primary N) is 1. The number of oxime groups is 1. The fourth-order valence-corrected chi connectivity index (χ4v) is 1.56. The fraction of sp³-hybridized carbons (Fsp3) is 0. The van der Waals surface area contributed by atoms with E-state index in [-0.39, 0.29) is 11.9 Å². The van der Waals surface area contributed by atoms with Crippen molar-refractivity contribution in [2.75, 3.05) is 0 Å². The van der Waals surface area contributed by atoms with Crippen molar-refractivity contribution in [3.63, 3.8) is 0 Å². The Morgan fingerprint density at radius 1 is 1.25 bits per heavy atom. The molecule has 1 aromatic heterocycles. The Morgan fingerprint density at radius 2 is 2.00 bits per heavy atom. The van der Waals surface area contributed by atoms with E-state index in [0.29, 0.717) is 11.3 Å². The van der Waals surface area contributed by atoms with Crippen LogP contribution in [0.4, 0.5) is 0 Å². The zero-order chi connectivity index (χ0) is 14.4. The second-order valence-corrected chi connectivity index (χ2v) is 3.83. The van der Waals surface area contributed by atoms with Gasteiger partial charge in [0.2, 0.25) is 5.96 Å². The molecule has 0 aliphatic carbocycles. The third-order valence-electron chi connectivity index (χ3n) is 2.44. The summed E-state index contributed by atoms with van der Waals surface area (Å²) in [5, 5.41) is 17.9. The molecule has 0 aliphatic rings. The third-order valence-corrected chi connectivity index (χ3v) is 2.44. The minimum atomic E-state index is -0.351. The van der Waals surface area contributed by atoms with Crippen molar-refractivity contribution in [2.24, 2.45) is 16.0 Å². The monoisotopic (exact) mass is 271 g/mol. The number of nitrogens with zero attached hydrogens (tertiary/aromatic N) is 3. The summed E-state index contributed by atoms with van der Waals surface area (Å²) >= 11 is 0. The lowest BCUT2D eigenvalue weighted by Crippen LogP contribution is -2.37. The van der Waals surface area contributed by atoms with E-state index >= 15 is 0 Å². The summed E-state index contributed by atoms with van der Waals surface area (Å²) in [6, 6.07) is 12.0. The number of nitrogens with one attached hydrogen (secondary N) is 1. The minimum Gasteiger partial charge on any atom is -0.411 e. The van der Waals surface area contributed by atoms with Gasteiger partial charge in [0, 0.05) is 11.8 Å². The van der Waals surface area contributed by atoms with Gasteiger partial charge in [-0.15, -0.1) is 5.10 Å². The van der Waals surface area contributed by atoms with Gasteiger partial charge >= 0.3 is 0 Å². The number of amides is 1. The van der Waals surface area contributed by atoms with Gasteiger partial charge in [0.25, 0.3) is 5.91 Å². The van der Waals surface area contributed by atoms with Gasteiger partial charge in [0.15, 0.2) is 0 Å². The molecule has 1 amide bonds. The van der Waals surface area contributed by atoms with E-state index in [1.165, 1.54) is 10.9 Å². The Bertz CT molecular complexity index is 646. The molecule has 0 fully saturated rings. The van der Waals surface area contributed by atoms with Crippen molar-refractivity contribution in [2.45, 2.75) is 0 Å². The number of hydrogen-bond acceptors (Lipinski definition) is 4. The van der Waals surface area contributed by atoms with E-state index in [2.05, 4.69) is 15.6 Å². The van der Waals surface area contributed by atoms with Crippen LogP contribution in [0.3, 0.4) is 0 Å². The summed E-state index contributed by atoms with van der Waals surface area (Å²) in [6.07, 6.45) is 2.81. The molecule has 0 bridgehead atoms. The molecule has 0 atom stereocenters. The lowest BCUT2D eigenvalue weighted by atomic mass is 10.2. The van der Waals surface area contributed by atoms with Crippen LogP contribution in [0, 0.1) is 0 Å². The van der Waals surface area contributed by atoms with E-state index in [1.807, 2.05) is 6.07 Å². The SMILES string of the molecule is NC(=Nn1cccc1/C=N\O)NC(=O)c1ccccc1. The maximum Gasteiger partial charge on any atom is 0.257 e. The Labute approximate surface area is 115 Å². The van der Waals surface area contributed by atoms with Crippen molar-refractivity contribution >= 4 is 18.1 Å². The number of rotatable bonds is 3. The van der Waals surface area contributed by atoms with Crippen LogP contribution in [-0.2, 0) is 0 Å². The lowest BCUT2D eigenvalue weighted by molar-refractivity contribution is 0.0976. The van der Waals surface area contributed by atoms with Gasteiger partial charge in [-0.1, -0.05) is 23.4 Å². The number of aromatic nitrogens is 1. The van der Waals surface area contributed by atoms with Gasteiger partial charge in [-0.25, -0.2) is 4.68 Å². The highest BCUT2D eigenvalue weighted by atomic mass is 16.4. The van der Waals surface area contributed by atoms with Gasteiger partial charge in [-0.3, -0.25) is 10.1 Å². The van der Waals surface area contributed by atoms with Gasteiger partial charge < -0.3 is 10.9 Å². The molecule has 0 saturated carbocycles. The van der Waals surface area contributed by atoms with Crippen LogP contribution in [0.5, 0.6) is 0 Å². The number of guanidine groups is 1. The van der Waals surface area contributed by atoms with Crippen LogP contribution < -0.4 is 11.1 Å². The van der Waals surface area contributed by atoms with E-state index in [0.717, 1.165) is 0 Å². The van der Waals surface area contributed by atoms with Crippen molar-refractivity contribution in [3.05, 3.63) is 59.9 Å². The van der Waals surface area contributed by atoms with E-state index in [1.54, 1.807) is 42.6 Å². The average Bonchev–Trinajstić information content (AvgIpc) is 2.87. The van der Waals surface area contributed by atoms with Crippen LogP contribution in [0.15, 0.2) is 58.9 Å². The van der Waals surface area contributed by atoms with Crippen molar-refractivity contribution in [3.8, 4) is 0 Å². The largest absolute Gasteiger partial charge is 0.411 e. The average molecular weight is 271 g/mol. The first-order valence-corrected chi connectivity index (χ1v) is 5.76. The highest BCUT2D eigenvalue weighted by molar-refractivity contribution is 6.05. The molecule has 20 heavy (non-hydrogen) atoms. The molecule has 0 aliphatic heterocycles. The van der Waals surface area contributed by atoms with E-state index < -0.39 is 0 Å². The molecule has 7 heteroatoms. The van der Waals surface area contributed by atoms with Crippen molar-refractivity contribution in [1.29, 1.82) is 0 Å². The topological polar surface area (TPSA) is 105 Å². The maximum atomic E-state index is 11.8. The molecule has 2 rings (SSSR count). The number of carbonyl (C=O) groups is 1. The standard InChI is InChI=1S/C13H13N5O2/c14-13(16-12(19)10-5-2-1-3-6-10)17-18-8-4-7-11(18)9-15-20/h1-9,20H,(H3,14,16,17,19)/b15-9-. The number of benzene rings is 1. The summed E-state index contributed by atoms with van der Waals surface area (Å²) in [4.78, 5) is 11.8. The van der Waals surface area contributed by atoms with Crippen molar-refractivity contribution in [1.82, 2.24) is 9.99 Å². The molecule has 0 radical (unpaired) electrons. The Kier molecular flexibility index (Phi) is 4.13. The first-order valence-electron chi connectivity index (χ1n) is 5.76. The van der Waals surface area contributed by atoms with Crippen LogP contribution in [-0.4, -0.2) is 28.0 Å². The fourth-order valence-electron chi connectivity index (χ4n) is 1.56. The van der Waals surface area contributed by atoms with E-state index in [9.17, 15) is 4.79 Å². The quantitative estimate of drug-likeness (QED) is 0.333. The molecule has 4 N–H and O–H groups in total. The van der Waals surface area contributed by atoms with Gasteiger partial charge in [0.05, 0.1) is 11.9 Å². The molecule has 0 unspecified atom stereocenters. The highest BCUT2D eigenvalue weighted by Gasteiger charge is 2.06. The Balaban J connectivity index is 2.11. The van der Waals surface area contributed by atoms with Crippen LogP contribution in [0.2, 0.25) is 0 Å². The normalized spacial score (nSPS) is 11.7. The summed E-state index contributed by atoms with van der Waals surface area (Å²) in [6.45, 7) is 0. The summed E-state index contributed by atoms with van der Waals surface area (Å²) in [5.41, 5.74) is 6.66. The third kappa shape index (κ3) is 3.22. The van der Waals surface area contributed by atoms with Crippen LogP contribution in [0.1, 0.15) is 16.1 Å². The summed E-state index contributed by atoms with van der Waals surface area (Å²) in [7, 11) is 0. The van der Waals surface area contributed by atoms with Crippen LogP contribution >= 0.6 is 0 Å². The molecule has 1 aromatic carbocycles. The van der Waals surface area contributed by atoms with Crippen molar-refractivity contribution < 1.29 is 10.0 Å². The zero-order valence-corrected chi connectivity index (χ0v) is 10.5. The van der Waals surface area contributed by atoms with E-state index in [4.69, 9.17) is 10.9 Å². The molecule has 2 aromatic rings. The van der Waals surface area contributed by atoms with Crippen LogP contribution in [0.25, 0.3) is 0 Å². The first kappa shape index (κ1) is 13.3. The Hall–Kier alpha value is -3.09. The maximum absolute atomic E-state index is 11.8. The smallest absolute Gasteiger partial charge is 0.257 e. The predicted molar refractivity (Wildman–Crippen MR) is 74.7 cm³/mol. The van der Waals surface area contributed by atoms with Gasteiger partial charge in [0.1, 0.15) is 0 Å². The molecule has 0 spiro atoms. The van der Waals surface area contributed by atoms with Gasteiger partial charge in [-0.2, -0.15) is 0 Å².